The van der Waals surface area contributed by atoms with E-state index in [1.54, 1.807) is 11.3 Å². The van der Waals surface area contributed by atoms with Crippen molar-refractivity contribution >= 4 is 34.5 Å². The van der Waals surface area contributed by atoms with E-state index < -0.39 is 0 Å². The van der Waals surface area contributed by atoms with Crippen molar-refractivity contribution in [1.29, 1.82) is 0 Å². The van der Waals surface area contributed by atoms with E-state index in [4.69, 9.17) is 4.99 Å². The summed E-state index contributed by atoms with van der Waals surface area (Å²) >= 11 is 1.57. The Morgan fingerprint density at radius 1 is 1.14 bits per heavy atom. The van der Waals surface area contributed by atoms with Crippen LogP contribution in [-0.2, 0) is 0 Å². The Kier molecular flexibility index (Phi) is 4.59. The van der Waals surface area contributed by atoms with Gasteiger partial charge in [-0.05, 0) is 49.3 Å². The minimum Gasteiger partial charge on any atom is -0.370 e. The second-order valence-electron chi connectivity index (χ2n) is 8.14. The molecule has 0 radical (unpaired) electrons. The Hall–Kier alpha value is -2.34. The smallest absolute Gasteiger partial charge is 0.254 e. The number of benzene rings is 1. The van der Waals surface area contributed by atoms with Crippen molar-refractivity contribution < 1.29 is 4.79 Å². The highest BCUT2D eigenvalue weighted by molar-refractivity contribution is 7.08. The molecule has 1 saturated heterocycles. The minimum absolute atomic E-state index is 0.126. The number of rotatable bonds is 2. The molecule has 1 aliphatic carbocycles. The van der Waals surface area contributed by atoms with Gasteiger partial charge in [0, 0.05) is 11.9 Å². The number of likely N-dealkylation sites (tertiary alicyclic amines) is 1. The minimum atomic E-state index is -0.332. The lowest BCUT2D eigenvalue weighted by molar-refractivity contribution is 0.0695. The summed E-state index contributed by atoms with van der Waals surface area (Å²) in [6.45, 7) is 1.45. The van der Waals surface area contributed by atoms with Gasteiger partial charge in [-0.15, -0.1) is 0 Å². The number of amidine groups is 1. The van der Waals surface area contributed by atoms with E-state index in [0.717, 1.165) is 42.2 Å². The van der Waals surface area contributed by atoms with Gasteiger partial charge in [-0.25, -0.2) is 0 Å². The summed E-state index contributed by atoms with van der Waals surface area (Å²) in [5.74, 6) is 1.14. The number of anilines is 2. The molecule has 1 spiro atoms. The first kappa shape index (κ1) is 17.7. The molecule has 2 aromatic rings. The molecule has 1 saturated carbocycles. The number of amides is 1. The molecule has 146 valence electrons. The van der Waals surface area contributed by atoms with Gasteiger partial charge in [0.1, 0.15) is 11.4 Å². The van der Waals surface area contributed by atoms with Crippen molar-refractivity contribution in [1.82, 2.24) is 4.90 Å². The molecule has 2 aliphatic heterocycles. The average Bonchev–Trinajstić information content (AvgIpc) is 3.42. The van der Waals surface area contributed by atoms with Crippen LogP contribution < -0.4 is 10.6 Å². The summed E-state index contributed by atoms with van der Waals surface area (Å²) in [6.07, 6.45) is 6.81. The normalized spacial score (nSPS) is 26.1. The number of nitrogens with one attached hydrogen (secondary N) is 2. The zero-order valence-corrected chi connectivity index (χ0v) is 16.8. The zero-order valence-electron chi connectivity index (χ0n) is 16.0. The maximum absolute atomic E-state index is 13.0. The van der Waals surface area contributed by atoms with Crippen molar-refractivity contribution in [3.8, 4) is 0 Å². The molecule has 28 heavy (non-hydrogen) atoms. The largest absolute Gasteiger partial charge is 0.370 e. The fraction of sp³-hybridized carbons (Fsp3) is 0.455. The number of thiophene rings is 1. The van der Waals surface area contributed by atoms with Gasteiger partial charge in [0.05, 0.1) is 29.5 Å². The quantitative estimate of drug-likeness (QED) is 0.783. The highest BCUT2D eigenvalue weighted by Gasteiger charge is 2.45. The fourth-order valence-electron chi connectivity index (χ4n) is 4.73. The van der Waals surface area contributed by atoms with Crippen LogP contribution in [0.25, 0.3) is 0 Å². The van der Waals surface area contributed by atoms with Gasteiger partial charge >= 0.3 is 0 Å². The summed E-state index contributed by atoms with van der Waals surface area (Å²) in [6, 6.07) is 10.6. The van der Waals surface area contributed by atoms with E-state index in [9.17, 15) is 4.79 Å². The van der Waals surface area contributed by atoms with E-state index in [1.807, 2.05) is 27.8 Å². The SMILES string of the molecule is O=C(c1ccsc1)N1CCCC2(C1)Nc1ccccc1NC2=NC1CCCC1. The lowest BCUT2D eigenvalue weighted by Gasteiger charge is -2.47. The van der Waals surface area contributed by atoms with Crippen molar-refractivity contribution in [2.45, 2.75) is 50.1 Å². The maximum Gasteiger partial charge on any atom is 0.254 e. The standard InChI is InChI=1S/C22H26N4OS/c27-20(16-10-13-28-14-16)26-12-5-11-22(15-26)21(23-17-6-1-2-7-17)24-18-8-3-4-9-19(18)25-22/h3-4,8-10,13-14,17,25H,1-2,5-7,11-12,15H2,(H,23,24). The van der Waals surface area contributed by atoms with Crippen molar-refractivity contribution in [2.75, 3.05) is 23.7 Å². The first-order valence-electron chi connectivity index (χ1n) is 10.3. The van der Waals surface area contributed by atoms with Crippen LogP contribution in [0.3, 0.4) is 0 Å². The molecule has 5 nitrogen and oxygen atoms in total. The highest BCUT2D eigenvalue weighted by atomic mass is 32.1. The molecule has 2 fully saturated rings. The van der Waals surface area contributed by atoms with Crippen molar-refractivity contribution in [3.05, 3.63) is 46.7 Å². The summed E-state index contributed by atoms with van der Waals surface area (Å²) in [7, 11) is 0. The number of fused-ring (bicyclic) bond motifs is 1. The molecular formula is C22H26N4OS. The number of nitrogens with zero attached hydrogens (tertiary/aromatic N) is 2. The summed E-state index contributed by atoms with van der Waals surface area (Å²) < 4.78 is 0. The first-order valence-corrected chi connectivity index (χ1v) is 11.2. The third kappa shape index (κ3) is 3.20. The molecule has 3 aliphatic rings. The van der Waals surface area contributed by atoms with Gasteiger partial charge in [0.15, 0.2) is 0 Å². The van der Waals surface area contributed by atoms with E-state index in [2.05, 4.69) is 28.8 Å². The van der Waals surface area contributed by atoms with Crippen LogP contribution in [0.1, 0.15) is 48.9 Å². The molecule has 6 heteroatoms. The fourth-order valence-corrected chi connectivity index (χ4v) is 5.36. The van der Waals surface area contributed by atoms with Crippen LogP contribution in [0, 0.1) is 0 Å². The summed E-state index contributed by atoms with van der Waals surface area (Å²) in [5.41, 5.74) is 2.63. The van der Waals surface area contributed by atoms with Gasteiger partial charge in [-0.2, -0.15) is 11.3 Å². The van der Waals surface area contributed by atoms with Crippen LogP contribution in [0.4, 0.5) is 11.4 Å². The average molecular weight is 395 g/mol. The Morgan fingerprint density at radius 3 is 2.75 bits per heavy atom. The van der Waals surface area contributed by atoms with Gasteiger partial charge in [0.25, 0.3) is 5.91 Å². The third-order valence-corrected chi connectivity index (χ3v) is 6.87. The monoisotopic (exact) mass is 394 g/mol. The molecule has 2 N–H and O–H groups in total. The molecule has 5 rings (SSSR count). The summed E-state index contributed by atoms with van der Waals surface area (Å²) in [4.78, 5) is 20.2. The summed E-state index contributed by atoms with van der Waals surface area (Å²) in [5, 5.41) is 11.3. The van der Waals surface area contributed by atoms with Crippen LogP contribution in [0.5, 0.6) is 0 Å². The second-order valence-corrected chi connectivity index (χ2v) is 8.92. The van der Waals surface area contributed by atoms with Crippen LogP contribution >= 0.6 is 11.3 Å². The van der Waals surface area contributed by atoms with Crippen molar-refractivity contribution in [2.24, 2.45) is 4.99 Å². The van der Waals surface area contributed by atoms with Gasteiger partial charge in [-0.1, -0.05) is 25.0 Å². The van der Waals surface area contributed by atoms with Crippen molar-refractivity contribution in [3.63, 3.8) is 0 Å². The third-order valence-electron chi connectivity index (χ3n) is 6.19. The maximum atomic E-state index is 13.0. The van der Waals surface area contributed by atoms with Gasteiger partial charge < -0.3 is 15.5 Å². The molecule has 1 aromatic carbocycles. The highest BCUT2D eigenvalue weighted by Crippen LogP contribution is 2.37. The van der Waals surface area contributed by atoms with E-state index in [1.165, 1.54) is 25.7 Å². The van der Waals surface area contributed by atoms with Crippen LogP contribution in [0.2, 0.25) is 0 Å². The molecule has 0 bridgehead atoms. The second kappa shape index (κ2) is 7.24. The lowest BCUT2D eigenvalue weighted by Crippen LogP contribution is -2.62. The number of para-hydroxylation sites is 2. The molecule has 1 aromatic heterocycles. The number of aliphatic imine (C=N–C) groups is 1. The van der Waals surface area contributed by atoms with Crippen LogP contribution in [-0.4, -0.2) is 41.3 Å². The number of piperidine rings is 1. The predicted molar refractivity (Wildman–Crippen MR) is 116 cm³/mol. The molecule has 1 unspecified atom stereocenters. The Bertz CT molecular complexity index is 888. The number of carbonyl (C=O) groups excluding carboxylic acids is 1. The number of hydrogen-bond donors (Lipinski definition) is 2. The first-order chi connectivity index (χ1) is 13.7. The Balaban J connectivity index is 1.49. The Labute approximate surface area is 169 Å². The Morgan fingerprint density at radius 2 is 1.96 bits per heavy atom. The number of carbonyl (C=O) groups is 1. The number of hydrogen-bond acceptors (Lipinski definition) is 4. The van der Waals surface area contributed by atoms with E-state index in [0.29, 0.717) is 12.6 Å². The van der Waals surface area contributed by atoms with E-state index >= 15 is 0 Å². The topological polar surface area (TPSA) is 56.7 Å². The van der Waals surface area contributed by atoms with Gasteiger partial charge in [0.2, 0.25) is 0 Å². The zero-order chi connectivity index (χ0) is 19.0. The molecular weight excluding hydrogens is 368 g/mol. The molecule has 1 amide bonds. The molecule has 3 heterocycles. The molecule has 1 atom stereocenters. The lowest BCUT2D eigenvalue weighted by atomic mass is 9.84. The van der Waals surface area contributed by atoms with Gasteiger partial charge in [-0.3, -0.25) is 9.79 Å². The van der Waals surface area contributed by atoms with Crippen LogP contribution in [0.15, 0.2) is 46.1 Å². The predicted octanol–water partition coefficient (Wildman–Crippen LogP) is 4.60. The van der Waals surface area contributed by atoms with E-state index in [-0.39, 0.29) is 11.4 Å².